The first-order valence-electron chi connectivity index (χ1n) is 8.15. The van der Waals surface area contributed by atoms with Crippen molar-refractivity contribution in [3.8, 4) is 0 Å². The van der Waals surface area contributed by atoms with Crippen molar-refractivity contribution >= 4 is 6.09 Å². The summed E-state index contributed by atoms with van der Waals surface area (Å²) < 4.78 is 13.0. The van der Waals surface area contributed by atoms with Gasteiger partial charge in [0.15, 0.2) is 0 Å². The number of ether oxygens (including phenoxy) is 2. The van der Waals surface area contributed by atoms with Crippen LogP contribution in [0.25, 0.3) is 0 Å². The second-order valence-electron chi connectivity index (χ2n) is 7.39. The summed E-state index contributed by atoms with van der Waals surface area (Å²) >= 11 is 0. The van der Waals surface area contributed by atoms with Gasteiger partial charge < -0.3 is 20.1 Å². The maximum absolute atomic E-state index is 12.1. The molecule has 1 saturated heterocycles. The van der Waals surface area contributed by atoms with Gasteiger partial charge >= 0.3 is 6.09 Å². The highest BCUT2D eigenvalue weighted by Gasteiger charge is 2.54. The van der Waals surface area contributed by atoms with Gasteiger partial charge in [-0.2, -0.15) is 5.10 Å². The lowest BCUT2D eigenvalue weighted by Gasteiger charge is -2.48. The van der Waals surface area contributed by atoms with E-state index in [2.05, 4.69) is 15.7 Å². The summed E-state index contributed by atoms with van der Waals surface area (Å²) in [6.07, 6.45) is 4.62. The van der Waals surface area contributed by atoms with Gasteiger partial charge in [0.05, 0.1) is 24.4 Å². The van der Waals surface area contributed by atoms with Gasteiger partial charge in [0, 0.05) is 37.9 Å². The van der Waals surface area contributed by atoms with E-state index in [1.54, 1.807) is 4.68 Å². The molecule has 4 atom stereocenters. The topological polar surface area (TPSA) is 77.4 Å². The number of hydrogen-bond donors (Lipinski definition) is 2. The Bertz CT molecular complexity index is 566. The number of carbonyl (C=O) groups is 1. The van der Waals surface area contributed by atoms with Crippen LogP contribution in [0, 0.1) is 5.92 Å². The predicted molar refractivity (Wildman–Crippen MR) is 84.8 cm³/mol. The number of aryl methyl sites for hydroxylation is 1. The minimum absolute atomic E-state index is 0.0500. The fourth-order valence-corrected chi connectivity index (χ4v) is 3.39. The van der Waals surface area contributed by atoms with Gasteiger partial charge in [0.25, 0.3) is 0 Å². The molecular weight excluding hydrogens is 296 g/mol. The molecule has 0 spiro atoms. The van der Waals surface area contributed by atoms with E-state index < -0.39 is 5.60 Å². The van der Waals surface area contributed by atoms with Crippen LogP contribution in [-0.4, -0.2) is 46.3 Å². The molecule has 1 aliphatic carbocycles. The van der Waals surface area contributed by atoms with Crippen LogP contribution in [0.4, 0.5) is 4.79 Å². The lowest BCUT2D eigenvalue weighted by atomic mass is 9.71. The van der Waals surface area contributed by atoms with E-state index in [4.69, 9.17) is 9.47 Å². The lowest BCUT2D eigenvalue weighted by molar-refractivity contribution is -0.0344. The summed E-state index contributed by atoms with van der Waals surface area (Å²) in [5, 5.41) is 10.7. The van der Waals surface area contributed by atoms with Crippen molar-refractivity contribution in [1.82, 2.24) is 20.4 Å². The highest BCUT2D eigenvalue weighted by atomic mass is 16.6. The Labute approximate surface area is 136 Å². The molecule has 1 saturated carbocycles. The SMILES string of the molecule is Cn1cc(CNC2C(NC(=O)OC(C)(C)C)C3CCOC32)cn1. The number of hydrogen-bond acceptors (Lipinski definition) is 5. The monoisotopic (exact) mass is 322 g/mol. The number of nitrogens with zero attached hydrogens (tertiary/aromatic N) is 2. The minimum atomic E-state index is -0.488. The quantitative estimate of drug-likeness (QED) is 0.871. The normalized spacial score (nSPS) is 29.7. The molecule has 1 aromatic heterocycles. The Hall–Kier alpha value is -1.60. The second kappa shape index (κ2) is 6.13. The number of rotatable bonds is 4. The van der Waals surface area contributed by atoms with E-state index in [1.165, 1.54) is 0 Å². The van der Waals surface area contributed by atoms with Gasteiger partial charge in [0.1, 0.15) is 5.60 Å². The van der Waals surface area contributed by atoms with Crippen molar-refractivity contribution in [3.63, 3.8) is 0 Å². The molecule has 2 heterocycles. The largest absolute Gasteiger partial charge is 0.444 e. The average molecular weight is 322 g/mol. The smallest absolute Gasteiger partial charge is 0.407 e. The van der Waals surface area contributed by atoms with Gasteiger partial charge in [-0.1, -0.05) is 0 Å². The fraction of sp³-hybridized carbons (Fsp3) is 0.750. The molecule has 1 aromatic rings. The third kappa shape index (κ3) is 3.67. The first-order valence-corrected chi connectivity index (χ1v) is 8.15. The number of nitrogens with one attached hydrogen (secondary N) is 2. The summed E-state index contributed by atoms with van der Waals surface area (Å²) in [6.45, 7) is 7.07. The highest BCUT2D eigenvalue weighted by molar-refractivity contribution is 5.68. The van der Waals surface area contributed by atoms with Crippen molar-refractivity contribution in [2.45, 2.75) is 57.5 Å². The fourth-order valence-electron chi connectivity index (χ4n) is 3.39. The molecule has 4 unspecified atom stereocenters. The Morgan fingerprint density at radius 1 is 1.48 bits per heavy atom. The molecule has 23 heavy (non-hydrogen) atoms. The molecule has 0 aromatic carbocycles. The summed E-state index contributed by atoms with van der Waals surface area (Å²) in [7, 11) is 1.90. The summed E-state index contributed by atoms with van der Waals surface area (Å²) in [5.74, 6) is 0.369. The average Bonchev–Trinajstić information content (AvgIpc) is 3.02. The van der Waals surface area contributed by atoms with E-state index >= 15 is 0 Å². The molecule has 2 fully saturated rings. The molecule has 2 N–H and O–H groups in total. The summed E-state index contributed by atoms with van der Waals surface area (Å²) in [6, 6.07) is 0.157. The first-order chi connectivity index (χ1) is 10.8. The third-order valence-corrected chi connectivity index (χ3v) is 4.37. The van der Waals surface area contributed by atoms with Crippen molar-refractivity contribution < 1.29 is 14.3 Å². The highest BCUT2D eigenvalue weighted by Crippen LogP contribution is 2.39. The summed E-state index contributed by atoms with van der Waals surface area (Å²) in [5.41, 5.74) is 0.628. The molecule has 0 radical (unpaired) electrons. The predicted octanol–water partition coefficient (Wildman–Crippen LogP) is 1.19. The Morgan fingerprint density at radius 2 is 2.26 bits per heavy atom. The Morgan fingerprint density at radius 3 is 2.91 bits per heavy atom. The zero-order chi connectivity index (χ0) is 16.6. The van der Waals surface area contributed by atoms with Crippen LogP contribution >= 0.6 is 0 Å². The lowest BCUT2D eigenvalue weighted by Crippen LogP contribution is -2.70. The van der Waals surface area contributed by atoms with Gasteiger partial charge in [-0.25, -0.2) is 4.79 Å². The maximum Gasteiger partial charge on any atom is 0.407 e. The third-order valence-electron chi connectivity index (χ3n) is 4.37. The molecule has 1 amide bonds. The van der Waals surface area contributed by atoms with Crippen LogP contribution in [0.5, 0.6) is 0 Å². The van der Waals surface area contributed by atoms with Gasteiger partial charge in [-0.3, -0.25) is 4.68 Å². The van der Waals surface area contributed by atoms with E-state index in [9.17, 15) is 4.79 Å². The first kappa shape index (κ1) is 16.3. The Balaban J connectivity index is 1.57. The van der Waals surface area contributed by atoms with E-state index in [0.29, 0.717) is 12.5 Å². The molecule has 1 aliphatic heterocycles. The van der Waals surface area contributed by atoms with Gasteiger partial charge in [-0.05, 0) is 27.2 Å². The standard InChI is InChI=1S/C16H26N4O3/c1-16(2,3)23-15(21)19-12-11-5-6-22-14(11)13(12)17-7-10-8-18-20(4)9-10/h8-9,11-14,17H,5-7H2,1-4H3,(H,19,21). The Kier molecular flexibility index (Phi) is 4.33. The van der Waals surface area contributed by atoms with Crippen LogP contribution in [0.3, 0.4) is 0 Å². The second-order valence-corrected chi connectivity index (χ2v) is 7.39. The zero-order valence-electron chi connectivity index (χ0n) is 14.2. The van der Waals surface area contributed by atoms with E-state index in [0.717, 1.165) is 18.6 Å². The molecule has 0 bridgehead atoms. The van der Waals surface area contributed by atoms with E-state index in [-0.39, 0.29) is 24.3 Å². The number of fused-ring (bicyclic) bond motifs is 1. The van der Waals surface area contributed by atoms with Gasteiger partial charge in [0.2, 0.25) is 0 Å². The maximum atomic E-state index is 12.1. The van der Waals surface area contributed by atoms with E-state index in [1.807, 2.05) is 40.2 Å². The van der Waals surface area contributed by atoms with Crippen molar-refractivity contribution in [2.24, 2.45) is 13.0 Å². The number of amides is 1. The number of alkyl carbamates (subject to hydrolysis) is 1. The molecule has 7 heteroatoms. The number of carbonyl (C=O) groups excluding carboxylic acids is 1. The van der Waals surface area contributed by atoms with Crippen molar-refractivity contribution in [1.29, 1.82) is 0 Å². The van der Waals surface area contributed by atoms with Crippen LogP contribution in [0.15, 0.2) is 12.4 Å². The van der Waals surface area contributed by atoms with Crippen LogP contribution < -0.4 is 10.6 Å². The molecule has 7 nitrogen and oxygen atoms in total. The van der Waals surface area contributed by atoms with Crippen molar-refractivity contribution in [3.05, 3.63) is 18.0 Å². The zero-order valence-corrected chi connectivity index (χ0v) is 14.2. The number of aromatic nitrogens is 2. The molecule has 128 valence electrons. The molecule has 3 rings (SSSR count). The molecule has 2 aliphatic rings. The van der Waals surface area contributed by atoms with Crippen LogP contribution in [0.2, 0.25) is 0 Å². The van der Waals surface area contributed by atoms with Crippen LogP contribution in [-0.2, 0) is 23.1 Å². The van der Waals surface area contributed by atoms with Crippen molar-refractivity contribution in [2.75, 3.05) is 6.61 Å². The molecular formula is C16H26N4O3. The minimum Gasteiger partial charge on any atom is -0.444 e. The van der Waals surface area contributed by atoms with Crippen LogP contribution in [0.1, 0.15) is 32.8 Å². The summed E-state index contributed by atoms with van der Waals surface area (Å²) in [4.78, 5) is 12.1. The van der Waals surface area contributed by atoms with Gasteiger partial charge in [-0.15, -0.1) is 0 Å².